The van der Waals surface area contributed by atoms with E-state index in [1.165, 1.54) is 16.7 Å². The number of thiocarbonyl (C=S) groups is 1. The molecule has 2 aromatic rings. The molecule has 2 aromatic carbocycles. The van der Waals surface area contributed by atoms with Gasteiger partial charge in [-0.15, -0.1) is 0 Å². The van der Waals surface area contributed by atoms with Gasteiger partial charge in [0.05, 0.1) is 12.6 Å². The average molecular weight is 328 g/mol. The van der Waals surface area contributed by atoms with Crippen LogP contribution in [-0.2, 0) is 0 Å². The molecule has 0 unspecified atom stereocenters. The zero-order chi connectivity index (χ0) is 16.8. The second-order valence-electron chi connectivity index (χ2n) is 5.62. The van der Waals surface area contributed by atoms with Crippen LogP contribution < -0.4 is 15.4 Å². The first-order valence-electron chi connectivity index (χ1n) is 7.87. The Morgan fingerprint density at radius 1 is 1.13 bits per heavy atom. The second-order valence-corrected chi connectivity index (χ2v) is 6.03. The summed E-state index contributed by atoms with van der Waals surface area (Å²) >= 11 is 5.42. The lowest BCUT2D eigenvalue weighted by atomic mass is 10.0. The quantitative estimate of drug-likeness (QED) is 0.776. The standard InChI is InChI=1S/C19H24N2OS/c1-5-22-18-8-6-7-17(12-18)21-19(23)20-15(4)16-10-9-13(2)14(3)11-16/h6-12,15H,5H2,1-4H3,(H2,20,21,23)/t15-/m1/s1. The van der Waals surface area contributed by atoms with Crippen molar-refractivity contribution in [2.75, 3.05) is 11.9 Å². The molecule has 0 amide bonds. The molecule has 0 aliphatic rings. The van der Waals surface area contributed by atoms with Crippen molar-refractivity contribution >= 4 is 23.0 Å². The van der Waals surface area contributed by atoms with Gasteiger partial charge in [-0.2, -0.15) is 0 Å². The van der Waals surface area contributed by atoms with E-state index in [9.17, 15) is 0 Å². The van der Waals surface area contributed by atoms with Gasteiger partial charge in [-0.05, 0) is 68.7 Å². The summed E-state index contributed by atoms with van der Waals surface area (Å²) in [6.07, 6.45) is 0. The molecular formula is C19H24N2OS. The van der Waals surface area contributed by atoms with Gasteiger partial charge in [0.15, 0.2) is 5.11 Å². The van der Waals surface area contributed by atoms with Crippen LogP contribution in [0.3, 0.4) is 0 Å². The van der Waals surface area contributed by atoms with Crippen LogP contribution in [0.1, 0.15) is 36.6 Å². The van der Waals surface area contributed by atoms with Crippen LogP contribution in [0.5, 0.6) is 5.75 Å². The molecule has 0 bridgehead atoms. The van der Waals surface area contributed by atoms with Crippen molar-refractivity contribution in [3.05, 3.63) is 59.2 Å². The summed E-state index contributed by atoms with van der Waals surface area (Å²) in [4.78, 5) is 0. The molecule has 23 heavy (non-hydrogen) atoms. The molecule has 0 spiro atoms. The van der Waals surface area contributed by atoms with E-state index in [0.717, 1.165) is 11.4 Å². The van der Waals surface area contributed by atoms with Gasteiger partial charge in [-0.3, -0.25) is 0 Å². The SMILES string of the molecule is CCOc1cccc(NC(=S)N[C@H](C)c2ccc(C)c(C)c2)c1. The molecule has 1 atom stereocenters. The fraction of sp³-hybridized carbons (Fsp3) is 0.316. The Morgan fingerprint density at radius 2 is 1.91 bits per heavy atom. The minimum Gasteiger partial charge on any atom is -0.494 e. The molecule has 3 nitrogen and oxygen atoms in total. The fourth-order valence-corrected chi connectivity index (χ4v) is 2.61. The summed E-state index contributed by atoms with van der Waals surface area (Å²) < 4.78 is 5.50. The van der Waals surface area contributed by atoms with Crippen molar-refractivity contribution in [1.29, 1.82) is 0 Å². The third-order valence-corrected chi connectivity index (χ3v) is 4.00. The predicted molar refractivity (Wildman–Crippen MR) is 101 cm³/mol. The number of ether oxygens (including phenoxy) is 1. The number of benzene rings is 2. The minimum absolute atomic E-state index is 0.143. The second kappa shape index (κ2) is 7.97. The number of hydrogen-bond acceptors (Lipinski definition) is 2. The lowest BCUT2D eigenvalue weighted by Crippen LogP contribution is -2.30. The summed E-state index contributed by atoms with van der Waals surface area (Å²) in [6, 6.07) is 14.4. The Balaban J connectivity index is 1.98. The Hall–Kier alpha value is -2.07. The fourth-order valence-electron chi connectivity index (χ4n) is 2.31. The smallest absolute Gasteiger partial charge is 0.171 e. The molecule has 2 N–H and O–H groups in total. The molecule has 122 valence electrons. The van der Waals surface area contributed by atoms with Crippen LogP contribution in [0.15, 0.2) is 42.5 Å². The van der Waals surface area contributed by atoms with Crippen molar-refractivity contribution < 1.29 is 4.74 Å². The van der Waals surface area contributed by atoms with E-state index in [-0.39, 0.29) is 6.04 Å². The van der Waals surface area contributed by atoms with Gasteiger partial charge in [-0.1, -0.05) is 24.3 Å². The predicted octanol–water partition coefficient (Wildman–Crippen LogP) is 4.75. The molecule has 0 aliphatic heterocycles. The number of hydrogen-bond donors (Lipinski definition) is 2. The lowest BCUT2D eigenvalue weighted by Gasteiger charge is -2.18. The van der Waals surface area contributed by atoms with Gasteiger partial charge >= 0.3 is 0 Å². The van der Waals surface area contributed by atoms with Crippen molar-refractivity contribution in [1.82, 2.24) is 5.32 Å². The summed E-state index contributed by atoms with van der Waals surface area (Å²) in [5.74, 6) is 0.836. The molecule has 0 heterocycles. The monoisotopic (exact) mass is 328 g/mol. The highest BCUT2D eigenvalue weighted by atomic mass is 32.1. The van der Waals surface area contributed by atoms with E-state index < -0.39 is 0 Å². The van der Waals surface area contributed by atoms with E-state index in [2.05, 4.69) is 49.6 Å². The Morgan fingerprint density at radius 3 is 2.61 bits per heavy atom. The summed E-state index contributed by atoms with van der Waals surface area (Å²) in [5.41, 5.74) is 4.73. The Labute approximate surface area is 144 Å². The molecular weight excluding hydrogens is 304 g/mol. The maximum atomic E-state index is 5.50. The van der Waals surface area contributed by atoms with Crippen LogP contribution >= 0.6 is 12.2 Å². The molecule has 0 saturated carbocycles. The largest absolute Gasteiger partial charge is 0.494 e. The average Bonchev–Trinajstić information content (AvgIpc) is 2.50. The van der Waals surface area contributed by atoms with Gasteiger partial charge in [0, 0.05) is 11.8 Å². The molecule has 0 aliphatic carbocycles. The number of anilines is 1. The van der Waals surface area contributed by atoms with Crippen molar-refractivity contribution in [3.8, 4) is 5.75 Å². The lowest BCUT2D eigenvalue weighted by molar-refractivity contribution is 0.340. The summed E-state index contributed by atoms with van der Waals surface area (Å²) in [5, 5.41) is 7.13. The summed E-state index contributed by atoms with van der Waals surface area (Å²) in [6.45, 7) is 8.97. The van der Waals surface area contributed by atoms with Crippen LogP contribution in [0.2, 0.25) is 0 Å². The summed E-state index contributed by atoms with van der Waals surface area (Å²) in [7, 11) is 0. The van der Waals surface area contributed by atoms with Crippen LogP contribution in [0.4, 0.5) is 5.69 Å². The van der Waals surface area contributed by atoms with Crippen molar-refractivity contribution in [2.24, 2.45) is 0 Å². The highest BCUT2D eigenvalue weighted by Gasteiger charge is 2.08. The van der Waals surface area contributed by atoms with E-state index in [4.69, 9.17) is 17.0 Å². The first kappa shape index (κ1) is 17.3. The molecule has 0 radical (unpaired) electrons. The van der Waals surface area contributed by atoms with Gasteiger partial charge in [0.25, 0.3) is 0 Å². The number of aryl methyl sites for hydroxylation is 2. The number of nitrogens with one attached hydrogen (secondary N) is 2. The maximum absolute atomic E-state index is 5.50. The van der Waals surface area contributed by atoms with E-state index in [1.807, 2.05) is 31.2 Å². The molecule has 4 heteroatoms. The van der Waals surface area contributed by atoms with Crippen molar-refractivity contribution in [2.45, 2.75) is 33.7 Å². The van der Waals surface area contributed by atoms with Crippen LogP contribution in [0.25, 0.3) is 0 Å². The van der Waals surface area contributed by atoms with Crippen LogP contribution in [0, 0.1) is 13.8 Å². The third kappa shape index (κ3) is 4.96. The zero-order valence-electron chi connectivity index (χ0n) is 14.1. The molecule has 2 rings (SSSR count). The van der Waals surface area contributed by atoms with E-state index in [1.54, 1.807) is 0 Å². The van der Waals surface area contributed by atoms with Gasteiger partial charge in [-0.25, -0.2) is 0 Å². The Kier molecular flexibility index (Phi) is 5.99. The normalized spacial score (nSPS) is 11.7. The first-order valence-corrected chi connectivity index (χ1v) is 8.28. The molecule has 0 fully saturated rings. The number of rotatable bonds is 5. The molecule has 0 aromatic heterocycles. The Bertz CT molecular complexity index is 685. The highest BCUT2D eigenvalue weighted by Crippen LogP contribution is 2.19. The van der Waals surface area contributed by atoms with Crippen LogP contribution in [-0.4, -0.2) is 11.7 Å². The first-order chi connectivity index (χ1) is 11.0. The van der Waals surface area contributed by atoms with Gasteiger partial charge < -0.3 is 15.4 Å². The highest BCUT2D eigenvalue weighted by molar-refractivity contribution is 7.80. The van der Waals surface area contributed by atoms with E-state index >= 15 is 0 Å². The van der Waals surface area contributed by atoms with Crippen molar-refractivity contribution in [3.63, 3.8) is 0 Å². The third-order valence-electron chi connectivity index (χ3n) is 3.78. The van der Waals surface area contributed by atoms with Gasteiger partial charge in [0.1, 0.15) is 5.75 Å². The minimum atomic E-state index is 0.143. The van der Waals surface area contributed by atoms with E-state index in [0.29, 0.717) is 11.7 Å². The maximum Gasteiger partial charge on any atom is 0.171 e. The molecule has 0 saturated heterocycles. The van der Waals surface area contributed by atoms with Gasteiger partial charge in [0.2, 0.25) is 0 Å². The topological polar surface area (TPSA) is 33.3 Å². The zero-order valence-corrected chi connectivity index (χ0v) is 15.0.